The number of hydrogen-bond donors (Lipinski definition) is 2. The van der Waals surface area contributed by atoms with Crippen LogP contribution in [0.1, 0.15) is 41.0 Å². The lowest BCUT2D eigenvalue weighted by molar-refractivity contribution is -0.126. The third-order valence-electron chi connectivity index (χ3n) is 4.98. The van der Waals surface area contributed by atoms with E-state index < -0.39 is 11.7 Å². The molecule has 1 heterocycles. The van der Waals surface area contributed by atoms with Gasteiger partial charge < -0.3 is 20.3 Å². The molecule has 0 unspecified atom stereocenters. The van der Waals surface area contributed by atoms with Crippen molar-refractivity contribution in [2.24, 2.45) is 17.8 Å². The summed E-state index contributed by atoms with van der Waals surface area (Å²) in [6, 6.07) is 10.4. The number of benzene rings is 1. The maximum absolute atomic E-state index is 12.7. The quantitative estimate of drug-likeness (QED) is 0.750. The molecule has 1 aliphatic rings. The van der Waals surface area contributed by atoms with E-state index >= 15 is 0 Å². The van der Waals surface area contributed by atoms with E-state index in [2.05, 4.69) is 39.8 Å². The Balaban J connectivity index is 1.78. The molecule has 0 saturated carbocycles. The second-order valence-electron chi connectivity index (χ2n) is 8.91. The number of para-hydroxylation sites is 1. The lowest BCUT2D eigenvalue weighted by Gasteiger charge is -2.24. The minimum Gasteiger partial charge on any atom is -0.444 e. The van der Waals surface area contributed by atoms with Gasteiger partial charge in [-0.25, -0.2) is 4.79 Å². The molecule has 0 aliphatic carbocycles. The van der Waals surface area contributed by atoms with E-state index in [1.165, 1.54) is 5.69 Å². The van der Waals surface area contributed by atoms with Crippen LogP contribution in [0.25, 0.3) is 0 Å². The topological polar surface area (TPSA) is 70.7 Å². The molecule has 2 N–H and O–H groups in total. The largest absolute Gasteiger partial charge is 0.444 e. The van der Waals surface area contributed by atoms with Crippen LogP contribution < -0.4 is 15.5 Å². The first-order valence-electron chi connectivity index (χ1n) is 10.2. The van der Waals surface area contributed by atoms with E-state index in [1.54, 1.807) is 0 Å². The monoisotopic (exact) mass is 389 g/mol. The Bertz CT molecular complexity index is 640. The maximum atomic E-state index is 12.7. The minimum absolute atomic E-state index is 0.00998. The number of carbonyl (C=O) groups is 2. The van der Waals surface area contributed by atoms with Crippen LogP contribution >= 0.6 is 0 Å². The molecule has 1 aromatic rings. The van der Waals surface area contributed by atoms with Gasteiger partial charge in [0.1, 0.15) is 5.60 Å². The average molecular weight is 390 g/mol. The molecule has 2 amide bonds. The highest BCUT2D eigenvalue weighted by Crippen LogP contribution is 2.23. The summed E-state index contributed by atoms with van der Waals surface area (Å²) >= 11 is 0. The number of nitrogens with zero attached hydrogens (tertiary/aromatic N) is 1. The van der Waals surface area contributed by atoms with Gasteiger partial charge in [-0.05, 0) is 51.2 Å². The van der Waals surface area contributed by atoms with Crippen molar-refractivity contribution in [1.82, 2.24) is 10.6 Å². The van der Waals surface area contributed by atoms with Gasteiger partial charge in [-0.3, -0.25) is 4.79 Å². The van der Waals surface area contributed by atoms with Gasteiger partial charge >= 0.3 is 6.09 Å². The van der Waals surface area contributed by atoms with E-state index in [9.17, 15) is 9.59 Å². The zero-order valence-electron chi connectivity index (χ0n) is 17.8. The number of rotatable bonds is 7. The van der Waals surface area contributed by atoms with Crippen LogP contribution in [0.15, 0.2) is 30.3 Å². The summed E-state index contributed by atoms with van der Waals surface area (Å²) in [4.78, 5) is 26.9. The number of carbonyl (C=O) groups excluding carboxylic acids is 2. The number of alkyl carbamates (subject to hydrolysis) is 1. The highest BCUT2D eigenvalue weighted by Gasteiger charge is 2.27. The molecule has 0 bridgehead atoms. The first-order chi connectivity index (χ1) is 13.2. The summed E-state index contributed by atoms with van der Waals surface area (Å²) in [5, 5.41) is 5.82. The van der Waals surface area contributed by atoms with Crippen LogP contribution in [-0.2, 0) is 9.53 Å². The number of anilines is 1. The molecule has 28 heavy (non-hydrogen) atoms. The molecule has 2 rings (SSSR count). The van der Waals surface area contributed by atoms with E-state index in [-0.39, 0.29) is 24.3 Å². The van der Waals surface area contributed by atoms with Crippen molar-refractivity contribution in [2.75, 3.05) is 31.1 Å². The molecular formula is C22H35N3O3. The van der Waals surface area contributed by atoms with Crippen LogP contribution in [-0.4, -0.2) is 43.8 Å². The highest BCUT2D eigenvalue weighted by molar-refractivity contribution is 5.80. The highest BCUT2D eigenvalue weighted by atomic mass is 16.6. The Labute approximate surface area is 169 Å². The first kappa shape index (κ1) is 22.1. The Morgan fingerprint density at radius 3 is 2.46 bits per heavy atom. The smallest absolute Gasteiger partial charge is 0.407 e. The summed E-state index contributed by atoms with van der Waals surface area (Å²) < 4.78 is 5.26. The number of ether oxygens (including phenoxy) is 1. The first-order valence-corrected chi connectivity index (χ1v) is 10.2. The van der Waals surface area contributed by atoms with Crippen molar-refractivity contribution in [3.8, 4) is 0 Å². The number of nitrogens with one attached hydrogen (secondary N) is 2. The molecule has 0 radical (unpaired) electrons. The van der Waals surface area contributed by atoms with E-state index in [0.29, 0.717) is 12.5 Å². The van der Waals surface area contributed by atoms with Crippen molar-refractivity contribution >= 4 is 17.7 Å². The standard InChI is InChI=1S/C22H35N3O3/c1-16(2)19(14-24-21(27)28-22(3,4)5)20(26)23-13-17-11-12-25(15-17)18-9-7-6-8-10-18/h6-10,16-17,19H,11-15H2,1-5H3,(H,23,26)(H,24,27)/t17-,19+/m0/s1. The van der Waals surface area contributed by atoms with E-state index in [1.807, 2.05) is 40.7 Å². The Kier molecular flexibility index (Phi) is 7.72. The lowest BCUT2D eigenvalue weighted by atomic mass is 9.94. The molecule has 6 heteroatoms. The summed E-state index contributed by atoms with van der Waals surface area (Å²) in [5.74, 6) is 0.276. The summed E-state index contributed by atoms with van der Waals surface area (Å²) in [5.41, 5.74) is 0.685. The fourth-order valence-corrected chi connectivity index (χ4v) is 3.39. The molecule has 2 atom stereocenters. The second-order valence-corrected chi connectivity index (χ2v) is 8.91. The second kappa shape index (κ2) is 9.80. The maximum Gasteiger partial charge on any atom is 0.407 e. The third kappa shape index (κ3) is 7.06. The lowest BCUT2D eigenvalue weighted by Crippen LogP contribution is -2.44. The fourth-order valence-electron chi connectivity index (χ4n) is 3.39. The van der Waals surface area contributed by atoms with Crippen LogP contribution in [0.3, 0.4) is 0 Å². The Hall–Kier alpha value is -2.24. The van der Waals surface area contributed by atoms with Crippen LogP contribution in [0.4, 0.5) is 10.5 Å². The van der Waals surface area contributed by atoms with Crippen molar-refractivity contribution < 1.29 is 14.3 Å². The van der Waals surface area contributed by atoms with Crippen molar-refractivity contribution in [2.45, 2.75) is 46.6 Å². The molecule has 1 saturated heterocycles. The van der Waals surface area contributed by atoms with Gasteiger partial charge in [0.25, 0.3) is 0 Å². The van der Waals surface area contributed by atoms with Gasteiger partial charge in [0.05, 0.1) is 5.92 Å². The molecule has 1 aromatic carbocycles. The summed E-state index contributed by atoms with van der Waals surface area (Å²) in [6.07, 6.45) is 0.581. The van der Waals surface area contributed by atoms with Crippen molar-refractivity contribution in [1.29, 1.82) is 0 Å². The van der Waals surface area contributed by atoms with Gasteiger partial charge in [0, 0.05) is 31.9 Å². The molecule has 1 aliphatic heterocycles. The van der Waals surface area contributed by atoms with Crippen molar-refractivity contribution in [3.05, 3.63) is 30.3 Å². The van der Waals surface area contributed by atoms with Gasteiger partial charge in [-0.15, -0.1) is 0 Å². The summed E-state index contributed by atoms with van der Waals surface area (Å²) in [6.45, 7) is 12.3. The minimum atomic E-state index is -0.549. The molecule has 0 spiro atoms. The molecular weight excluding hydrogens is 354 g/mol. The van der Waals surface area contributed by atoms with Crippen molar-refractivity contribution in [3.63, 3.8) is 0 Å². The number of hydrogen-bond acceptors (Lipinski definition) is 4. The number of amides is 2. The Morgan fingerprint density at radius 1 is 1.18 bits per heavy atom. The van der Waals surface area contributed by atoms with Gasteiger partial charge in [0.2, 0.25) is 5.91 Å². The van der Waals surface area contributed by atoms with E-state index in [4.69, 9.17) is 4.74 Å². The van der Waals surface area contributed by atoms with Gasteiger partial charge in [-0.2, -0.15) is 0 Å². The summed E-state index contributed by atoms with van der Waals surface area (Å²) in [7, 11) is 0. The normalized spacial score (nSPS) is 18.1. The van der Waals surface area contributed by atoms with Crippen LogP contribution in [0.2, 0.25) is 0 Å². The van der Waals surface area contributed by atoms with Crippen LogP contribution in [0, 0.1) is 17.8 Å². The van der Waals surface area contributed by atoms with Crippen LogP contribution in [0.5, 0.6) is 0 Å². The average Bonchev–Trinajstić information content (AvgIpc) is 3.08. The van der Waals surface area contributed by atoms with E-state index in [0.717, 1.165) is 19.5 Å². The molecule has 0 aromatic heterocycles. The zero-order valence-corrected chi connectivity index (χ0v) is 17.8. The zero-order chi connectivity index (χ0) is 20.7. The predicted molar refractivity (Wildman–Crippen MR) is 112 cm³/mol. The third-order valence-corrected chi connectivity index (χ3v) is 4.98. The predicted octanol–water partition coefficient (Wildman–Crippen LogP) is 3.43. The Morgan fingerprint density at radius 2 is 1.86 bits per heavy atom. The molecule has 6 nitrogen and oxygen atoms in total. The molecule has 1 fully saturated rings. The fraction of sp³-hybridized carbons (Fsp3) is 0.636. The van der Waals surface area contributed by atoms with Gasteiger partial charge in [-0.1, -0.05) is 32.0 Å². The molecule has 156 valence electrons. The van der Waals surface area contributed by atoms with Gasteiger partial charge in [0.15, 0.2) is 0 Å². The SMILES string of the molecule is CC(C)[C@@H](CNC(=O)OC(C)(C)C)C(=O)NC[C@@H]1CCN(c2ccccc2)C1.